The number of carbonyl (C=O) groups is 1. The monoisotopic (exact) mass is 229 g/mol. The van der Waals surface area contributed by atoms with Crippen LogP contribution in [0.15, 0.2) is 0 Å². The Bertz CT molecular complexity index is 194. The van der Waals surface area contributed by atoms with Gasteiger partial charge < -0.3 is 20.3 Å². The van der Waals surface area contributed by atoms with Crippen molar-refractivity contribution in [3.05, 3.63) is 0 Å². The van der Waals surface area contributed by atoms with Crippen LogP contribution < -0.4 is 10.6 Å². The molecule has 1 heterocycles. The fourth-order valence-corrected chi connectivity index (χ4v) is 1.71. The van der Waals surface area contributed by atoms with E-state index in [0.717, 1.165) is 45.7 Å². The first-order valence-corrected chi connectivity index (χ1v) is 6.10. The Kier molecular flexibility index (Phi) is 7.12. The number of nitrogens with one attached hydrogen (secondary N) is 2. The van der Waals surface area contributed by atoms with Crippen molar-refractivity contribution in [2.75, 3.05) is 52.5 Å². The van der Waals surface area contributed by atoms with Crippen LogP contribution in [0.5, 0.6) is 0 Å². The number of nitrogens with zero attached hydrogens (tertiary/aromatic N) is 1. The summed E-state index contributed by atoms with van der Waals surface area (Å²) in [4.78, 5) is 13.6. The first-order valence-electron chi connectivity index (χ1n) is 6.10. The van der Waals surface area contributed by atoms with Gasteiger partial charge in [0.15, 0.2) is 0 Å². The first kappa shape index (κ1) is 13.4. The number of ether oxygens (including phenoxy) is 1. The molecular formula is C11H23N3O2. The van der Waals surface area contributed by atoms with Gasteiger partial charge in [0.1, 0.15) is 6.61 Å². The molecule has 0 spiro atoms. The van der Waals surface area contributed by atoms with Crippen LogP contribution in [0.3, 0.4) is 0 Å². The number of hydrogen-bond donors (Lipinski definition) is 2. The quantitative estimate of drug-likeness (QED) is 0.574. The third-order valence-corrected chi connectivity index (χ3v) is 2.62. The molecule has 0 atom stereocenters. The minimum atomic E-state index is -0.0119. The zero-order valence-electron chi connectivity index (χ0n) is 10.1. The lowest BCUT2D eigenvalue weighted by atomic mass is 10.3. The lowest BCUT2D eigenvalue weighted by Gasteiger charge is -2.27. The number of carbonyl (C=O) groups excluding carboxylic acids is 1. The van der Waals surface area contributed by atoms with Crippen LogP contribution in [0.2, 0.25) is 0 Å². The molecule has 94 valence electrons. The highest BCUT2D eigenvalue weighted by molar-refractivity contribution is 5.77. The van der Waals surface area contributed by atoms with Gasteiger partial charge in [-0.3, -0.25) is 4.79 Å². The molecular weight excluding hydrogens is 206 g/mol. The van der Waals surface area contributed by atoms with Crippen molar-refractivity contribution >= 4 is 5.91 Å². The molecule has 0 aromatic rings. The molecule has 0 aliphatic carbocycles. The van der Waals surface area contributed by atoms with Gasteiger partial charge >= 0.3 is 0 Å². The minimum absolute atomic E-state index is 0.0119. The average Bonchev–Trinajstić information content (AvgIpc) is 2.33. The third-order valence-electron chi connectivity index (χ3n) is 2.62. The Balaban J connectivity index is 1.92. The van der Waals surface area contributed by atoms with Crippen LogP contribution in [-0.2, 0) is 9.53 Å². The smallest absolute Gasteiger partial charge is 0.245 e. The van der Waals surface area contributed by atoms with Crippen molar-refractivity contribution in [3.63, 3.8) is 0 Å². The molecule has 5 heteroatoms. The summed E-state index contributed by atoms with van der Waals surface area (Å²) in [6.07, 6.45) is 1.01. The van der Waals surface area contributed by atoms with Crippen LogP contribution >= 0.6 is 0 Å². The number of rotatable bonds is 7. The van der Waals surface area contributed by atoms with Crippen molar-refractivity contribution in [1.29, 1.82) is 0 Å². The molecule has 5 nitrogen and oxygen atoms in total. The second-order valence-electron chi connectivity index (χ2n) is 3.93. The van der Waals surface area contributed by atoms with Crippen LogP contribution in [0.1, 0.15) is 13.3 Å². The zero-order valence-corrected chi connectivity index (χ0v) is 10.1. The molecule has 2 N–H and O–H groups in total. The van der Waals surface area contributed by atoms with Crippen molar-refractivity contribution in [1.82, 2.24) is 15.5 Å². The van der Waals surface area contributed by atoms with E-state index in [1.165, 1.54) is 0 Å². The molecule has 0 aromatic heterocycles. The summed E-state index contributed by atoms with van der Waals surface area (Å²) in [5.74, 6) is -0.0119. The highest BCUT2D eigenvalue weighted by atomic mass is 16.5. The van der Waals surface area contributed by atoms with Crippen LogP contribution in [0, 0.1) is 0 Å². The van der Waals surface area contributed by atoms with E-state index in [4.69, 9.17) is 4.74 Å². The van der Waals surface area contributed by atoms with Gasteiger partial charge in [-0.2, -0.15) is 0 Å². The SMILES string of the molecule is CCOCC(=O)NCCCN1CCNCC1. The van der Waals surface area contributed by atoms with E-state index in [0.29, 0.717) is 6.61 Å². The van der Waals surface area contributed by atoms with Crippen LogP contribution in [0.25, 0.3) is 0 Å². The Hall–Kier alpha value is -0.650. The fourth-order valence-electron chi connectivity index (χ4n) is 1.71. The van der Waals surface area contributed by atoms with E-state index in [1.54, 1.807) is 0 Å². The molecule has 16 heavy (non-hydrogen) atoms. The lowest BCUT2D eigenvalue weighted by Crippen LogP contribution is -2.44. The normalized spacial score (nSPS) is 17.3. The Morgan fingerprint density at radius 2 is 2.19 bits per heavy atom. The summed E-state index contributed by atoms with van der Waals surface area (Å²) >= 11 is 0. The van der Waals surface area contributed by atoms with Gasteiger partial charge in [0.25, 0.3) is 0 Å². The lowest BCUT2D eigenvalue weighted by molar-refractivity contribution is -0.125. The van der Waals surface area contributed by atoms with E-state index < -0.39 is 0 Å². The van der Waals surface area contributed by atoms with Gasteiger partial charge in [-0.15, -0.1) is 0 Å². The molecule has 1 aliphatic heterocycles. The van der Waals surface area contributed by atoms with Crippen molar-refractivity contribution in [3.8, 4) is 0 Å². The summed E-state index contributed by atoms with van der Waals surface area (Å²) in [5.41, 5.74) is 0. The standard InChI is InChI=1S/C11H23N3O2/c1-2-16-10-11(15)13-4-3-7-14-8-5-12-6-9-14/h12H,2-10H2,1H3,(H,13,15). The van der Waals surface area contributed by atoms with Crippen molar-refractivity contribution in [2.45, 2.75) is 13.3 Å². The molecule has 1 saturated heterocycles. The molecule has 0 unspecified atom stereocenters. The second kappa shape index (κ2) is 8.50. The highest BCUT2D eigenvalue weighted by Crippen LogP contribution is 1.93. The van der Waals surface area contributed by atoms with Crippen LogP contribution in [-0.4, -0.2) is 63.3 Å². The zero-order chi connectivity index (χ0) is 11.6. The summed E-state index contributed by atoms with van der Waals surface area (Å²) in [7, 11) is 0. The second-order valence-corrected chi connectivity index (χ2v) is 3.93. The molecule has 0 radical (unpaired) electrons. The third kappa shape index (κ3) is 6.05. The predicted molar refractivity (Wildman–Crippen MR) is 63.4 cm³/mol. The Labute approximate surface area is 97.5 Å². The van der Waals surface area contributed by atoms with Gasteiger partial charge in [-0.1, -0.05) is 0 Å². The molecule has 1 rings (SSSR count). The van der Waals surface area contributed by atoms with Gasteiger partial charge in [0, 0.05) is 39.3 Å². The number of hydrogen-bond acceptors (Lipinski definition) is 4. The van der Waals surface area contributed by atoms with Crippen molar-refractivity contribution in [2.24, 2.45) is 0 Å². The maximum absolute atomic E-state index is 11.2. The molecule has 0 saturated carbocycles. The molecule has 1 aliphatic rings. The summed E-state index contributed by atoms with van der Waals surface area (Å²) in [6, 6.07) is 0. The predicted octanol–water partition coefficient (Wildman–Crippen LogP) is -0.566. The highest BCUT2D eigenvalue weighted by Gasteiger charge is 2.08. The van der Waals surface area contributed by atoms with Gasteiger partial charge in [-0.25, -0.2) is 0 Å². The number of piperazine rings is 1. The first-order chi connectivity index (χ1) is 7.83. The van der Waals surface area contributed by atoms with Gasteiger partial charge in [0.05, 0.1) is 0 Å². The van der Waals surface area contributed by atoms with E-state index in [1.807, 2.05) is 6.92 Å². The van der Waals surface area contributed by atoms with E-state index in [-0.39, 0.29) is 12.5 Å². The minimum Gasteiger partial charge on any atom is -0.372 e. The van der Waals surface area contributed by atoms with Gasteiger partial charge in [-0.05, 0) is 19.9 Å². The fraction of sp³-hybridized carbons (Fsp3) is 0.909. The van der Waals surface area contributed by atoms with E-state index >= 15 is 0 Å². The number of amides is 1. The molecule has 0 aromatic carbocycles. The topological polar surface area (TPSA) is 53.6 Å². The van der Waals surface area contributed by atoms with Crippen molar-refractivity contribution < 1.29 is 9.53 Å². The van der Waals surface area contributed by atoms with Crippen LogP contribution in [0.4, 0.5) is 0 Å². The Morgan fingerprint density at radius 3 is 2.88 bits per heavy atom. The maximum Gasteiger partial charge on any atom is 0.245 e. The Morgan fingerprint density at radius 1 is 1.44 bits per heavy atom. The molecule has 0 bridgehead atoms. The summed E-state index contributed by atoms with van der Waals surface area (Å²) in [5, 5.41) is 6.17. The molecule has 1 fully saturated rings. The maximum atomic E-state index is 11.2. The average molecular weight is 229 g/mol. The van der Waals surface area contributed by atoms with E-state index in [9.17, 15) is 4.79 Å². The van der Waals surface area contributed by atoms with E-state index in [2.05, 4.69) is 15.5 Å². The molecule has 1 amide bonds. The summed E-state index contributed by atoms with van der Waals surface area (Å²) < 4.78 is 5.01. The largest absolute Gasteiger partial charge is 0.372 e. The summed E-state index contributed by atoms with van der Waals surface area (Å²) in [6.45, 7) is 8.87. The van der Waals surface area contributed by atoms with Gasteiger partial charge in [0.2, 0.25) is 5.91 Å².